The number of halogens is 1. The molecule has 0 spiro atoms. The number of esters is 1. The first kappa shape index (κ1) is 21.3. The molecule has 0 aliphatic carbocycles. The van der Waals surface area contributed by atoms with Gasteiger partial charge in [-0.3, -0.25) is 9.36 Å². The minimum absolute atomic E-state index is 0.225. The third-order valence-electron chi connectivity index (χ3n) is 4.82. The van der Waals surface area contributed by atoms with Crippen LogP contribution in [0.1, 0.15) is 31.2 Å². The number of ether oxygens (including phenoxy) is 2. The van der Waals surface area contributed by atoms with Crippen molar-refractivity contribution in [1.29, 1.82) is 0 Å². The Kier molecular flexibility index (Phi) is 5.97. The molecular formula is C22H19BrN2O5S. The van der Waals surface area contributed by atoms with Gasteiger partial charge in [0.05, 0.1) is 35.6 Å². The van der Waals surface area contributed by atoms with Gasteiger partial charge in [-0.15, -0.1) is 0 Å². The SMILES string of the molecule is CCOC(=O)C1=C(C)N=c2sc(=Cc3ccc(Br)o3)c(=O)n2C1c1ccc(OC)cc1. The van der Waals surface area contributed by atoms with Crippen molar-refractivity contribution in [2.75, 3.05) is 13.7 Å². The maximum absolute atomic E-state index is 13.4. The van der Waals surface area contributed by atoms with E-state index in [0.717, 1.165) is 5.56 Å². The summed E-state index contributed by atoms with van der Waals surface area (Å²) in [5.74, 6) is 0.728. The predicted octanol–water partition coefficient (Wildman–Crippen LogP) is 3.16. The lowest BCUT2D eigenvalue weighted by Gasteiger charge is -2.24. The molecule has 31 heavy (non-hydrogen) atoms. The summed E-state index contributed by atoms with van der Waals surface area (Å²) in [6.45, 7) is 3.72. The van der Waals surface area contributed by atoms with Crippen LogP contribution in [-0.2, 0) is 9.53 Å². The van der Waals surface area contributed by atoms with Gasteiger partial charge in [-0.05, 0) is 59.6 Å². The highest BCUT2D eigenvalue weighted by Gasteiger charge is 2.33. The molecule has 7 nitrogen and oxygen atoms in total. The first-order valence-electron chi connectivity index (χ1n) is 9.52. The van der Waals surface area contributed by atoms with Gasteiger partial charge >= 0.3 is 5.97 Å². The summed E-state index contributed by atoms with van der Waals surface area (Å²) in [6, 6.07) is 10.1. The van der Waals surface area contributed by atoms with E-state index in [4.69, 9.17) is 13.9 Å². The average molecular weight is 503 g/mol. The molecule has 0 fully saturated rings. The van der Waals surface area contributed by atoms with Crippen LogP contribution in [0.4, 0.5) is 0 Å². The highest BCUT2D eigenvalue weighted by Crippen LogP contribution is 2.31. The molecule has 0 radical (unpaired) electrons. The van der Waals surface area contributed by atoms with Gasteiger partial charge in [-0.2, -0.15) is 0 Å². The van der Waals surface area contributed by atoms with E-state index in [1.807, 2.05) is 12.1 Å². The van der Waals surface area contributed by atoms with Gasteiger partial charge in [0, 0.05) is 6.08 Å². The van der Waals surface area contributed by atoms with Gasteiger partial charge < -0.3 is 13.9 Å². The number of carbonyl (C=O) groups is 1. The van der Waals surface area contributed by atoms with Crippen molar-refractivity contribution in [2.24, 2.45) is 4.99 Å². The van der Waals surface area contributed by atoms with Crippen molar-refractivity contribution in [2.45, 2.75) is 19.9 Å². The molecular weight excluding hydrogens is 484 g/mol. The minimum Gasteiger partial charge on any atom is -0.497 e. The Labute approximate surface area is 190 Å². The van der Waals surface area contributed by atoms with Crippen LogP contribution in [-0.4, -0.2) is 24.3 Å². The molecule has 2 aromatic heterocycles. The van der Waals surface area contributed by atoms with Crippen LogP contribution in [0.5, 0.6) is 5.75 Å². The van der Waals surface area contributed by atoms with Crippen LogP contribution in [0.15, 0.2) is 66.5 Å². The number of furan rings is 1. The topological polar surface area (TPSA) is 83.0 Å². The number of nitrogens with zero attached hydrogens (tertiary/aromatic N) is 2. The Morgan fingerprint density at radius 3 is 2.65 bits per heavy atom. The van der Waals surface area contributed by atoms with E-state index in [2.05, 4.69) is 20.9 Å². The number of methoxy groups -OCH3 is 1. The van der Waals surface area contributed by atoms with Gasteiger partial charge in [0.15, 0.2) is 9.47 Å². The lowest BCUT2D eigenvalue weighted by Crippen LogP contribution is -2.39. The molecule has 3 heterocycles. The number of benzene rings is 1. The van der Waals surface area contributed by atoms with Gasteiger partial charge in [-0.1, -0.05) is 23.5 Å². The third kappa shape index (κ3) is 4.03. The molecule has 9 heteroatoms. The maximum atomic E-state index is 13.4. The largest absolute Gasteiger partial charge is 0.497 e. The van der Waals surface area contributed by atoms with Crippen molar-refractivity contribution in [3.05, 3.63) is 83.3 Å². The Balaban J connectivity index is 1.94. The van der Waals surface area contributed by atoms with Crippen LogP contribution >= 0.6 is 27.3 Å². The van der Waals surface area contributed by atoms with Crippen molar-refractivity contribution in [3.8, 4) is 5.75 Å². The number of fused-ring (bicyclic) bond motifs is 1. The molecule has 3 aromatic rings. The summed E-state index contributed by atoms with van der Waals surface area (Å²) in [4.78, 5) is 31.3. The fourth-order valence-corrected chi connectivity index (χ4v) is 4.77. The first-order valence-corrected chi connectivity index (χ1v) is 11.1. The van der Waals surface area contributed by atoms with E-state index in [1.165, 1.54) is 15.9 Å². The van der Waals surface area contributed by atoms with Crippen molar-refractivity contribution in [3.63, 3.8) is 0 Å². The number of hydrogen-bond acceptors (Lipinski definition) is 7. The fraction of sp³-hybridized carbons (Fsp3) is 0.227. The van der Waals surface area contributed by atoms with Gasteiger partial charge in [0.2, 0.25) is 0 Å². The third-order valence-corrected chi connectivity index (χ3v) is 6.23. The normalized spacial score (nSPS) is 16.1. The van der Waals surface area contributed by atoms with Crippen molar-refractivity contribution >= 4 is 39.3 Å². The number of hydrogen-bond donors (Lipinski definition) is 0. The molecule has 1 atom stereocenters. The van der Waals surface area contributed by atoms with Gasteiger partial charge in [0.1, 0.15) is 11.5 Å². The molecule has 0 saturated carbocycles. The van der Waals surface area contributed by atoms with E-state index in [1.54, 1.807) is 51.3 Å². The second-order valence-corrected chi connectivity index (χ2v) is 8.51. The molecule has 1 aromatic carbocycles. The number of thiazole rings is 1. The minimum atomic E-state index is -0.660. The van der Waals surface area contributed by atoms with Crippen LogP contribution in [0.25, 0.3) is 6.08 Å². The van der Waals surface area contributed by atoms with Crippen molar-refractivity contribution in [1.82, 2.24) is 4.57 Å². The molecule has 0 N–H and O–H groups in total. The molecule has 0 saturated heterocycles. The van der Waals surface area contributed by atoms with Crippen LogP contribution in [0.2, 0.25) is 0 Å². The molecule has 160 valence electrons. The van der Waals surface area contributed by atoms with Crippen LogP contribution < -0.4 is 19.6 Å². The summed E-state index contributed by atoms with van der Waals surface area (Å²) in [7, 11) is 1.58. The molecule has 4 rings (SSSR count). The number of aromatic nitrogens is 1. The van der Waals surface area contributed by atoms with E-state index >= 15 is 0 Å². The quantitative estimate of drug-likeness (QED) is 0.500. The smallest absolute Gasteiger partial charge is 0.338 e. The maximum Gasteiger partial charge on any atom is 0.338 e. The summed E-state index contributed by atoms with van der Waals surface area (Å²) in [5.41, 5.74) is 1.36. The second-order valence-electron chi connectivity index (χ2n) is 6.72. The Morgan fingerprint density at radius 1 is 1.29 bits per heavy atom. The molecule has 1 unspecified atom stereocenters. The summed E-state index contributed by atoms with van der Waals surface area (Å²) in [5, 5.41) is 0. The molecule has 1 aliphatic rings. The van der Waals surface area contributed by atoms with Crippen LogP contribution in [0, 0.1) is 0 Å². The molecule has 1 aliphatic heterocycles. The lowest BCUT2D eigenvalue weighted by molar-refractivity contribution is -0.139. The van der Waals surface area contributed by atoms with Crippen molar-refractivity contribution < 1.29 is 18.7 Å². The van der Waals surface area contributed by atoms with E-state index in [-0.39, 0.29) is 12.2 Å². The predicted molar refractivity (Wildman–Crippen MR) is 120 cm³/mol. The Morgan fingerprint density at radius 2 is 2.03 bits per heavy atom. The molecule has 0 bridgehead atoms. The summed E-state index contributed by atoms with van der Waals surface area (Å²) in [6.07, 6.45) is 1.67. The van der Waals surface area contributed by atoms with E-state index < -0.39 is 12.0 Å². The first-order chi connectivity index (χ1) is 14.9. The zero-order chi connectivity index (χ0) is 22.1. The number of allylic oxidation sites excluding steroid dienone is 1. The van der Waals surface area contributed by atoms with Crippen LogP contribution in [0.3, 0.4) is 0 Å². The Hall–Kier alpha value is -2.91. The number of carbonyl (C=O) groups excluding carboxylic acids is 1. The van der Waals surface area contributed by atoms with E-state index in [0.29, 0.717) is 36.8 Å². The Bertz CT molecular complexity index is 1350. The highest BCUT2D eigenvalue weighted by atomic mass is 79.9. The molecule has 0 amide bonds. The zero-order valence-corrected chi connectivity index (χ0v) is 19.5. The zero-order valence-electron chi connectivity index (χ0n) is 17.0. The monoisotopic (exact) mass is 502 g/mol. The standard InChI is InChI=1S/C22H19BrN2O5S/c1-4-29-21(27)18-12(2)24-22-25(19(18)13-5-7-14(28-3)8-6-13)20(26)16(31-22)11-15-9-10-17(23)30-15/h5-11,19H,4H2,1-3H3. The average Bonchev–Trinajstić information content (AvgIpc) is 3.30. The summed E-state index contributed by atoms with van der Waals surface area (Å²) < 4.78 is 18.6. The van der Waals surface area contributed by atoms with Gasteiger partial charge in [0.25, 0.3) is 5.56 Å². The second kappa shape index (κ2) is 8.68. The lowest BCUT2D eigenvalue weighted by atomic mass is 9.96. The van der Waals surface area contributed by atoms with Gasteiger partial charge in [-0.25, -0.2) is 9.79 Å². The summed E-state index contributed by atoms with van der Waals surface area (Å²) >= 11 is 4.51. The number of rotatable bonds is 5. The fourth-order valence-electron chi connectivity index (χ4n) is 3.43. The van der Waals surface area contributed by atoms with E-state index in [9.17, 15) is 9.59 Å². The highest BCUT2D eigenvalue weighted by molar-refractivity contribution is 9.10.